The van der Waals surface area contributed by atoms with Gasteiger partial charge in [0.15, 0.2) is 11.5 Å². The largest absolute Gasteiger partial charge is 0.459 e. The molecular weight excluding hydrogens is 578 g/mol. The molecule has 1 saturated carbocycles. The van der Waals surface area contributed by atoms with Crippen LogP contribution in [0.15, 0.2) is 30.6 Å². The molecule has 2 aromatic heterocycles. The Kier molecular flexibility index (Phi) is 7.24. The van der Waals surface area contributed by atoms with Crippen LogP contribution in [-0.2, 0) is 13.0 Å². The minimum Gasteiger partial charge on any atom is -0.336 e. The molecule has 0 spiro atoms. The van der Waals surface area contributed by atoms with E-state index >= 15 is 0 Å². The number of anilines is 1. The summed E-state index contributed by atoms with van der Waals surface area (Å²) in [6, 6.07) is 6.14. The van der Waals surface area contributed by atoms with Crippen LogP contribution in [-0.4, -0.2) is 57.0 Å². The number of nitrogens with zero attached hydrogens (tertiary/aromatic N) is 6. The first-order valence-corrected chi connectivity index (χ1v) is 11.7. The molecule has 1 aliphatic rings. The Balaban J connectivity index is 1.79. The second-order valence-electron chi connectivity index (χ2n) is 9.05. The van der Waals surface area contributed by atoms with Crippen LogP contribution in [0.4, 0.5) is 40.8 Å². The Morgan fingerprint density at radius 3 is 2.40 bits per heavy atom. The van der Waals surface area contributed by atoms with E-state index < -0.39 is 53.5 Å². The van der Waals surface area contributed by atoms with Crippen molar-refractivity contribution in [3.05, 3.63) is 46.9 Å². The number of alkyl halides is 8. The molecule has 1 N–H and O–H groups in total. The number of nitriles is 1. The fourth-order valence-corrected chi connectivity index (χ4v) is 4.07. The van der Waals surface area contributed by atoms with Crippen molar-refractivity contribution in [2.45, 2.75) is 43.2 Å². The Labute approximate surface area is 225 Å². The highest BCUT2D eigenvalue weighted by Crippen LogP contribution is 2.48. The van der Waals surface area contributed by atoms with E-state index in [2.05, 4.69) is 15.5 Å². The summed E-state index contributed by atoms with van der Waals surface area (Å²) < 4.78 is 110. The van der Waals surface area contributed by atoms with Gasteiger partial charge in [0, 0.05) is 25.9 Å². The first-order valence-electron chi connectivity index (χ1n) is 11.3. The molecule has 40 heavy (non-hydrogen) atoms. The zero-order chi connectivity index (χ0) is 29.8. The van der Waals surface area contributed by atoms with E-state index in [0.717, 1.165) is 24.1 Å². The minimum atomic E-state index is -6.18. The van der Waals surface area contributed by atoms with Gasteiger partial charge < -0.3 is 10.2 Å². The van der Waals surface area contributed by atoms with Crippen molar-refractivity contribution in [2.75, 3.05) is 11.9 Å². The third-order valence-electron chi connectivity index (χ3n) is 6.24. The second kappa shape index (κ2) is 9.95. The zero-order valence-electron chi connectivity index (χ0n) is 20.4. The molecule has 0 saturated heterocycles. The smallest absolute Gasteiger partial charge is 0.336 e. The molecule has 1 amide bonds. The molecule has 1 aliphatic carbocycles. The highest BCUT2D eigenvalue weighted by atomic mass is 35.5. The van der Waals surface area contributed by atoms with Crippen LogP contribution in [0.5, 0.6) is 0 Å². The van der Waals surface area contributed by atoms with Crippen molar-refractivity contribution < 1.29 is 39.9 Å². The summed E-state index contributed by atoms with van der Waals surface area (Å²) in [5, 5.41) is 19.0. The number of halogens is 9. The average molecular weight is 596 g/mol. The molecule has 3 aromatic rings. The second-order valence-corrected chi connectivity index (χ2v) is 9.46. The summed E-state index contributed by atoms with van der Waals surface area (Å²) in [5.41, 5.74) is -3.80. The number of hydrogen-bond acceptors (Lipinski definition) is 5. The number of rotatable bonds is 8. The first kappa shape index (κ1) is 29.1. The topological polar surface area (TPSA) is 91.8 Å². The molecule has 1 fully saturated rings. The maximum atomic E-state index is 14.4. The lowest BCUT2D eigenvalue weighted by molar-refractivity contribution is -0.290. The highest BCUT2D eigenvalue weighted by molar-refractivity contribution is 6.34. The minimum absolute atomic E-state index is 0.0151. The summed E-state index contributed by atoms with van der Waals surface area (Å²) in [7, 11) is 1.53. The van der Waals surface area contributed by atoms with E-state index in [1.165, 1.54) is 18.2 Å². The number of aryl methyl sites for hydroxylation is 1. The van der Waals surface area contributed by atoms with Crippen molar-refractivity contribution in [3.63, 3.8) is 0 Å². The first-order chi connectivity index (χ1) is 18.5. The van der Waals surface area contributed by atoms with Crippen LogP contribution in [0.3, 0.4) is 0 Å². The van der Waals surface area contributed by atoms with Crippen molar-refractivity contribution in [1.82, 2.24) is 24.9 Å². The lowest BCUT2D eigenvalue weighted by atomic mass is 10.1. The van der Waals surface area contributed by atoms with Gasteiger partial charge in [-0.1, -0.05) is 17.7 Å². The van der Waals surface area contributed by atoms with Crippen molar-refractivity contribution >= 4 is 23.2 Å². The van der Waals surface area contributed by atoms with Crippen LogP contribution in [0.1, 0.15) is 28.9 Å². The molecular formula is C23H18ClF8N7O. The summed E-state index contributed by atoms with van der Waals surface area (Å²) in [6.07, 6.45) is -10.0. The lowest BCUT2D eigenvalue weighted by Gasteiger charge is -2.26. The van der Waals surface area contributed by atoms with E-state index in [1.807, 2.05) is 6.07 Å². The summed E-state index contributed by atoms with van der Waals surface area (Å²) in [5.74, 6) is -6.95. The summed E-state index contributed by atoms with van der Waals surface area (Å²) in [4.78, 5) is 12.6. The van der Waals surface area contributed by atoms with Gasteiger partial charge in [0.2, 0.25) is 6.30 Å². The third kappa shape index (κ3) is 5.05. The predicted molar refractivity (Wildman–Crippen MR) is 125 cm³/mol. The number of carbonyl (C=O) groups excluding carboxylic acids is 1. The fraction of sp³-hybridized carbons (Fsp3) is 0.391. The zero-order valence-corrected chi connectivity index (χ0v) is 21.2. The van der Waals surface area contributed by atoms with Gasteiger partial charge in [-0.15, -0.1) is 0 Å². The number of carbonyl (C=O) groups is 1. The van der Waals surface area contributed by atoms with Gasteiger partial charge in [-0.25, -0.2) is 22.5 Å². The molecule has 0 radical (unpaired) electrons. The number of aromatic nitrogens is 4. The van der Waals surface area contributed by atoms with E-state index in [-0.39, 0.29) is 26.6 Å². The van der Waals surface area contributed by atoms with E-state index in [4.69, 9.17) is 11.6 Å². The normalized spacial score (nSPS) is 15.6. The van der Waals surface area contributed by atoms with Crippen LogP contribution in [0.25, 0.3) is 16.9 Å². The van der Waals surface area contributed by atoms with Crippen LogP contribution in [0, 0.1) is 11.3 Å². The highest BCUT2D eigenvalue weighted by Gasteiger charge is 2.62. The Bertz CT molecular complexity index is 1490. The van der Waals surface area contributed by atoms with Gasteiger partial charge in [-0.2, -0.15) is 37.4 Å². The molecule has 1 atom stereocenters. The monoisotopic (exact) mass is 595 g/mol. The van der Waals surface area contributed by atoms with E-state index in [9.17, 15) is 45.2 Å². The van der Waals surface area contributed by atoms with Gasteiger partial charge in [-0.3, -0.25) is 4.79 Å². The molecule has 2 heterocycles. The molecule has 1 unspecified atom stereocenters. The van der Waals surface area contributed by atoms with Crippen LogP contribution >= 0.6 is 11.6 Å². The molecule has 0 bridgehead atoms. The molecule has 8 nitrogen and oxygen atoms in total. The molecule has 1 aromatic carbocycles. The lowest BCUT2D eigenvalue weighted by Crippen LogP contribution is -2.39. The Morgan fingerprint density at radius 2 is 1.85 bits per heavy atom. The third-order valence-corrected chi connectivity index (χ3v) is 6.57. The number of benzene rings is 1. The van der Waals surface area contributed by atoms with Gasteiger partial charge in [0.25, 0.3) is 12.3 Å². The predicted octanol–water partition coefficient (Wildman–Crippen LogP) is 5.36. The van der Waals surface area contributed by atoms with Crippen molar-refractivity contribution in [2.24, 2.45) is 7.05 Å². The standard InChI is InChI=1S/C23H18ClF8N7O/c1-37(18(27)17(25)26)15-16(22(28,29)23(30,31)32)36-38(2)20(15)39-9-12(8-34-39)11-3-4-14(24)13(7-11)19(40)35-21(10-33)5-6-21/h3-4,7-9,17-18H,5-6H2,1-2H3,(H,35,40). The van der Waals surface area contributed by atoms with Gasteiger partial charge >= 0.3 is 12.1 Å². The maximum absolute atomic E-state index is 14.4. The molecule has 4 rings (SSSR count). The number of amides is 1. The van der Waals surface area contributed by atoms with E-state index in [1.54, 1.807) is 0 Å². The Morgan fingerprint density at radius 1 is 1.20 bits per heavy atom. The Hall–Kier alpha value is -3.87. The van der Waals surface area contributed by atoms with Crippen molar-refractivity contribution in [3.8, 4) is 23.0 Å². The van der Waals surface area contributed by atoms with Gasteiger partial charge in [-0.05, 0) is 30.5 Å². The summed E-state index contributed by atoms with van der Waals surface area (Å²) >= 11 is 6.14. The van der Waals surface area contributed by atoms with E-state index in [0.29, 0.717) is 24.6 Å². The van der Waals surface area contributed by atoms with Gasteiger partial charge in [0.1, 0.15) is 11.2 Å². The molecule has 17 heteroatoms. The quantitative estimate of drug-likeness (QED) is 0.280. The SMILES string of the molecule is CN(c1c(C(F)(F)C(F)(F)F)nn(C)c1-n1cc(-c2ccc(Cl)c(C(=O)NC3(C#N)CC3)c2)cn1)C(F)C(F)F. The number of nitrogens with one attached hydrogen (secondary N) is 1. The fourth-order valence-electron chi connectivity index (χ4n) is 3.86. The van der Waals surface area contributed by atoms with Crippen LogP contribution < -0.4 is 10.2 Å². The van der Waals surface area contributed by atoms with Gasteiger partial charge in [0.05, 0.1) is 22.9 Å². The van der Waals surface area contributed by atoms with Crippen molar-refractivity contribution in [1.29, 1.82) is 5.26 Å². The number of hydrogen-bond donors (Lipinski definition) is 1. The average Bonchev–Trinajstić information content (AvgIpc) is 3.31. The molecule has 0 aliphatic heterocycles. The molecule has 214 valence electrons. The van der Waals surface area contributed by atoms with Crippen LogP contribution in [0.2, 0.25) is 5.02 Å². The summed E-state index contributed by atoms with van der Waals surface area (Å²) in [6.45, 7) is 0. The maximum Gasteiger partial charge on any atom is 0.459 e.